The molecule has 0 spiro atoms. The van der Waals surface area contributed by atoms with Gasteiger partial charge in [-0.3, -0.25) is 4.90 Å². The number of aliphatic hydroxyl groups excluding tert-OH is 1. The summed E-state index contributed by atoms with van der Waals surface area (Å²) in [6, 6.07) is 5.76. The summed E-state index contributed by atoms with van der Waals surface area (Å²) in [4.78, 5) is 2.33. The van der Waals surface area contributed by atoms with Gasteiger partial charge >= 0.3 is 0 Å². The summed E-state index contributed by atoms with van der Waals surface area (Å²) in [5, 5.41) is 15.7. The number of nitrogens with one attached hydrogen (secondary N) is 1. The van der Waals surface area contributed by atoms with Crippen molar-refractivity contribution in [1.82, 2.24) is 10.2 Å². The van der Waals surface area contributed by atoms with E-state index < -0.39 is 6.10 Å². The second-order valence-corrected chi connectivity index (χ2v) is 6.53. The molecule has 1 aromatic heterocycles. The molecule has 2 unspecified atom stereocenters. The Kier molecular flexibility index (Phi) is 4.73. The molecule has 2 N–H and O–H groups in total. The zero-order valence-corrected chi connectivity index (χ0v) is 13.9. The maximum Gasteiger partial charge on any atom is 0.134 e. The number of furan rings is 1. The first-order chi connectivity index (χ1) is 10.6. The minimum atomic E-state index is -0.437. The third kappa shape index (κ3) is 3.15. The molecule has 0 aliphatic carbocycles. The van der Waals surface area contributed by atoms with Crippen LogP contribution in [0.3, 0.4) is 0 Å². The van der Waals surface area contributed by atoms with Gasteiger partial charge in [-0.25, -0.2) is 0 Å². The second kappa shape index (κ2) is 6.59. The predicted octanol–water partition coefficient (Wildman–Crippen LogP) is 2.59. The normalized spacial score (nSPS) is 19.5. The molecule has 5 heteroatoms. The molecule has 1 aliphatic rings. The average molecular weight is 323 g/mol. The van der Waals surface area contributed by atoms with Crippen molar-refractivity contribution < 1.29 is 9.52 Å². The lowest BCUT2D eigenvalue weighted by Crippen LogP contribution is -2.51. The minimum Gasteiger partial charge on any atom is -0.461 e. The van der Waals surface area contributed by atoms with Gasteiger partial charge in [-0.15, -0.1) is 0 Å². The molecule has 1 aliphatic heterocycles. The maximum absolute atomic E-state index is 10.6. The number of piperazine rings is 1. The Morgan fingerprint density at radius 3 is 2.82 bits per heavy atom. The van der Waals surface area contributed by atoms with Crippen LogP contribution in [0.4, 0.5) is 0 Å². The van der Waals surface area contributed by atoms with E-state index in [2.05, 4.69) is 17.1 Å². The summed E-state index contributed by atoms with van der Waals surface area (Å²) in [5.41, 5.74) is 1.91. The molecule has 0 amide bonds. The zero-order chi connectivity index (χ0) is 15.7. The number of aryl methyl sites for hydroxylation is 1. The Morgan fingerprint density at radius 1 is 1.36 bits per heavy atom. The van der Waals surface area contributed by atoms with Crippen molar-refractivity contribution >= 4 is 22.6 Å². The van der Waals surface area contributed by atoms with E-state index in [-0.39, 0.29) is 6.04 Å². The third-order valence-corrected chi connectivity index (χ3v) is 4.91. The predicted molar refractivity (Wildman–Crippen MR) is 89.6 cm³/mol. The highest BCUT2D eigenvalue weighted by atomic mass is 35.5. The lowest BCUT2D eigenvalue weighted by molar-refractivity contribution is 0.0490. The molecule has 1 aromatic carbocycles. The standard InChI is InChI=1S/C17H23ClN2O2/c1-11-14-9-13(18)3-4-16(14)22-17(11)10-15(21)12(2)20-7-5-19-6-8-20/h3-4,9,12,15,19,21H,5-8,10H2,1-2H3. The van der Waals surface area contributed by atoms with E-state index in [1.807, 2.05) is 25.1 Å². The molecular weight excluding hydrogens is 300 g/mol. The van der Waals surface area contributed by atoms with Gasteiger partial charge in [0, 0.05) is 49.1 Å². The number of aliphatic hydroxyl groups is 1. The Bertz CT molecular complexity index is 649. The van der Waals surface area contributed by atoms with E-state index in [1.165, 1.54) is 0 Å². The molecule has 0 radical (unpaired) electrons. The van der Waals surface area contributed by atoms with Crippen LogP contribution in [-0.4, -0.2) is 48.3 Å². The number of halogens is 1. The summed E-state index contributed by atoms with van der Waals surface area (Å²) < 4.78 is 5.91. The van der Waals surface area contributed by atoms with Gasteiger partial charge in [-0.05, 0) is 37.6 Å². The Hall–Kier alpha value is -1.07. The smallest absolute Gasteiger partial charge is 0.134 e. The van der Waals surface area contributed by atoms with Crippen LogP contribution in [0.15, 0.2) is 22.6 Å². The van der Waals surface area contributed by atoms with Crippen molar-refractivity contribution in [2.45, 2.75) is 32.4 Å². The monoisotopic (exact) mass is 322 g/mol. The van der Waals surface area contributed by atoms with Gasteiger partial charge in [0.05, 0.1) is 6.10 Å². The van der Waals surface area contributed by atoms with Gasteiger partial charge in [0.1, 0.15) is 11.3 Å². The van der Waals surface area contributed by atoms with E-state index in [1.54, 1.807) is 0 Å². The quantitative estimate of drug-likeness (QED) is 0.908. The summed E-state index contributed by atoms with van der Waals surface area (Å²) in [7, 11) is 0. The number of nitrogens with zero attached hydrogens (tertiary/aromatic N) is 1. The number of benzene rings is 1. The van der Waals surface area contributed by atoms with Gasteiger partial charge in [0.15, 0.2) is 0 Å². The number of hydrogen-bond acceptors (Lipinski definition) is 4. The number of hydrogen-bond donors (Lipinski definition) is 2. The molecule has 120 valence electrons. The van der Waals surface area contributed by atoms with Crippen molar-refractivity contribution in [2.75, 3.05) is 26.2 Å². The maximum atomic E-state index is 10.6. The molecule has 2 aromatic rings. The first-order valence-corrected chi connectivity index (χ1v) is 8.24. The van der Waals surface area contributed by atoms with Crippen LogP contribution < -0.4 is 5.32 Å². The van der Waals surface area contributed by atoms with Crippen molar-refractivity contribution in [3.8, 4) is 0 Å². The molecule has 0 saturated carbocycles. The molecule has 2 atom stereocenters. The second-order valence-electron chi connectivity index (χ2n) is 6.09. The number of rotatable bonds is 4. The van der Waals surface area contributed by atoms with Crippen molar-refractivity contribution in [3.05, 3.63) is 34.5 Å². The highest BCUT2D eigenvalue weighted by Gasteiger charge is 2.25. The Labute approximate surface area is 136 Å². The van der Waals surface area contributed by atoms with Gasteiger partial charge in [0.25, 0.3) is 0 Å². The van der Waals surface area contributed by atoms with Crippen molar-refractivity contribution in [2.24, 2.45) is 0 Å². The number of fused-ring (bicyclic) bond motifs is 1. The average Bonchev–Trinajstić information content (AvgIpc) is 2.83. The van der Waals surface area contributed by atoms with E-state index in [4.69, 9.17) is 16.0 Å². The fourth-order valence-corrected chi connectivity index (χ4v) is 3.30. The molecule has 0 bridgehead atoms. The lowest BCUT2D eigenvalue weighted by Gasteiger charge is -2.35. The fraction of sp³-hybridized carbons (Fsp3) is 0.529. The first-order valence-electron chi connectivity index (χ1n) is 7.86. The Morgan fingerprint density at radius 2 is 2.09 bits per heavy atom. The summed E-state index contributed by atoms with van der Waals surface area (Å²) in [5.74, 6) is 0.853. The SMILES string of the molecule is Cc1c(CC(O)C(C)N2CCNCC2)oc2ccc(Cl)cc12. The third-order valence-electron chi connectivity index (χ3n) is 4.68. The molecule has 1 fully saturated rings. The molecule has 4 nitrogen and oxygen atoms in total. The zero-order valence-electron chi connectivity index (χ0n) is 13.1. The van der Waals surface area contributed by atoms with Crippen molar-refractivity contribution in [1.29, 1.82) is 0 Å². The van der Waals surface area contributed by atoms with Crippen LogP contribution in [0.1, 0.15) is 18.2 Å². The van der Waals surface area contributed by atoms with E-state index in [0.29, 0.717) is 11.4 Å². The largest absolute Gasteiger partial charge is 0.461 e. The van der Waals surface area contributed by atoms with Crippen LogP contribution in [0.5, 0.6) is 0 Å². The lowest BCUT2D eigenvalue weighted by atomic mass is 10.0. The van der Waals surface area contributed by atoms with Crippen molar-refractivity contribution in [3.63, 3.8) is 0 Å². The fourth-order valence-electron chi connectivity index (χ4n) is 3.13. The topological polar surface area (TPSA) is 48.6 Å². The van der Waals surface area contributed by atoms with Gasteiger partial charge in [0.2, 0.25) is 0 Å². The highest BCUT2D eigenvalue weighted by molar-refractivity contribution is 6.31. The van der Waals surface area contributed by atoms with Crippen LogP contribution >= 0.6 is 11.6 Å². The molecule has 1 saturated heterocycles. The van der Waals surface area contributed by atoms with Gasteiger partial charge in [-0.1, -0.05) is 11.6 Å². The van der Waals surface area contributed by atoms with E-state index >= 15 is 0 Å². The molecule has 2 heterocycles. The highest BCUT2D eigenvalue weighted by Crippen LogP contribution is 2.29. The van der Waals surface area contributed by atoms with E-state index in [9.17, 15) is 5.11 Å². The van der Waals surface area contributed by atoms with Gasteiger partial charge < -0.3 is 14.8 Å². The summed E-state index contributed by atoms with van der Waals surface area (Å²) in [6.07, 6.45) is 0.0938. The molecule has 22 heavy (non-hydrogen) atoms. The van der Waals surface area contributed by atoms with Crippen LogP contribution in [-0.2, 0) is 6.42 Å². The summed E-state index contributed by atoms with van der Waals surface area (Å²) in [6.45, 7) is 8.04. The Balaban J connectivity index is 1.75. The summed E-state index contributed by atoms with van der Waals surface area (Å²) >= 11 is 6.05. The van der Waals surface area contributed by atoms with Crippen LogP contribution in [0.25, 0.3) is 11.0 Å². The minimum absolute atomic E-state index is 0.123. The van der Waals surface area contributed by atoms with Crippen LogP contribution in [0.2, 0.25) is 5.02 Å². The van der Waals surface area contributed by atoms with Crippen LogP contribution in [0, 0.1) is 6.92 Å². The molecular formula is C17H23ClN2O2. The van der Waals surface area contributed by atoms with E-state index in [0.717, 1.165) is 48.5 Å². The van der Waals surface area contributed by atoms with Gasteiger partial charge in [-0.2, -0.15) is 0 Å². The first kappa shape index (κ1) is 15.8. The molecule has 3 rings (SSSR count).